The van der Waals surface area contributed by atoms with Gasteiger partial charge in [-0.05, 0) is 62.9 Å². The normalized spacial score (nSPS) is 10.4. The Kier molecular flexibility index (Phi) is 7.43. The van der Waals surface area contributed by atoms with Gasteiger partial charge in [0, 0.05) is 11.1 Å². The van der Waals surface area contributed by atoms with Crippen LogP contribution in [-0.2, 0) is 16.1 Å². The van der Waals surface area contributed by atoms with Crippen molar-refractivity contribution in [2.45, 2.75) is 6.61 Å². The number of esters is 1. The summed E-state index contributed by atoms with van der Waals surface area (Å²) in [5.74, 6) is 0.0765. The summed E-state index contributed by atoms with van der Waals surface area (Å²) in [7, 11) is 0. The van der Waals surface area contributed by atoms with Crippen LogP contribution in [0.15, 0.2) is 72.8 Å². The first-order chi connectivity index (χ1) is 13.5. The van der Waals surface area contributed by atoms with Crippen LogP contribution in [0.5, 0.6) is 5.75 Å². The lowest BCUT2D eigenvalue weighted by Gasteiger charge is -2.12. The highest BCUT2D eigenvalue weighted by Gasteiger charge is 2.16. The first-order valence-corrected chi connectivity index (χ1v) is 10.6. The molecule has 0 unspecified atom stereocenters. The van der Waals surface area contributed by atoms with E-state index in [0.717, 1.165) is 12.7 Å². The third-order valence-corrected chi connectivity index (χ3v) is 5.48. The maximum Gasteiger partial charge on any atom is 0.344 e. The minimum atomic E-state index is -0.445. The zero-order valence-electron chi connectivity index (χ0n) is 14.7. The summed E-state index contributed by atoms with van der Waals surface area (Å²) in [5, 5.41) is 0. The van der Waals surface area contributed by atoms with Crippen LogP contribution in [0.4, 0.5) is 0 Å². The monoisotopic (exact) mass is 598 g/mol. The molecule has 0 aliphatic heterocycles. The Bertz CT molecular complexity index is 949. The summed E-state index contributed by atoms with van der Waals surface area (Å²) >= 11 is 4.22. The number of halogens is 2. The van der Waals surface area contributed by atoms with Gasteiger partial charge in [-0.2, -0.15) is 0 Å². The zero-order valence-corrected chi connectivity index (χ0v) is 19.0. The van der Waals surface area contributed by atoms with Gasteiger partial charge >= 0.3 is 5.97 Å². The number of benzene rings is 3. The molecule has 0 bridgehead atoms. The van der Waals surface area contributed by atoms with Crippen LogP contribution in [0.1, 0.15) is 21.5 Å². The summed E-state index contributed by atoms with van der Waals surface area (Å²) < 4.78 is 12.4. The average molecular weight is 598 g/mol. The van der Waals surface area contributed by atoms with Gasteiger partial charge in [-0.25, -0.2) is 4.79 Å². The van der Waals surface area contributed by atoms with Crippen molar-refractivity contribution in [3.63, 3.8) is 0 Å². The van der Waals surface area contributed by atoms with Gasteiger partial charge in [0.05, 0.1) is 7.14 Å². The minimum absolute atomic E-state index is 0.0507. The molecule has 6 heteroatoms. The fraction of sp³-hybridized carbons (Fsp3) is 0.0909. The molecule has 0 aromatic heterocycles. The number of ketones is 1. The van der Waals surface area contributed by atoms with Gasteiger partial charge < -0.3 is 9.47 Å². The summed E-state index contributed by atoms with van der Waals surface area (Å²) in [6.07, 6.45) is 0. The molecule has 0 aliphatic carbocycles. The van der Waals surface area contributed by atoms with Crippen LogP contribution >= 0.6 is 45.2 Å². The van der Waals surface area contributed by atoms with Crippen molar-refractivity contribution in [1.82, 2.24) is 0 Å². The van der Waals surface area contributed by atoms with Crippen LogP contribution < -0.4 is 4.74 Å². The lowest BCUT2D eigenvalue weighted by Crippen LogP contribution is -2.16. The number of hydrogen-bond acceptors (Lipinski definition) is 4. The van der Waals surface area contributed by atoms with Crippen LogP contribution in [0.3, 0.4) is 0 Å². The molecule has 0 heterocycles. The van der Waals surface area contributed by atoms with Gasteiger partial charge in [-0.1, -0.05) is 60.7 Å². The lowest BCUT2D eigenvalue weighted by molar-refractivity contribution is -0.147. The van der Waals surface area contributed by atoms with Crippen molar-refractivity contribution in [2.24, 2.45) is 0 Å². The molecule has 3 rings (SSSR count). The Balaban J connectivity index is 1.63. The van der Waals surface area contributed by atoms with Crippen molar-refractivity contribution < 1.29 is 19.1 Å². The smallest absolute Gasteiger partial charge is 0.344 e. The molecule has 28 heavy (non-hydrogen) atoms. The Labute approximate surface area is 190 Å². The summed E-state index contributed by atoms with van der Waals surface area (Å²) in [6, 6.07) is 22.1. The van der Waals surface area contributed by atoms with E-state index in [9.17, 15) is 9.59 Å². The number of hydrogen-bond donors (Lipinski definition) is 0. The van der Waals surface area contributed by atoms with Crippen LogP contribution in [0.2, 0.25) is 0 Å². The van der Waals surface area contributed by atoms with Crippen molar-refractivity contribution >= 4 is 56.9 Å². The molecule has 4 nitrogen and oxygen atoms in total. The number of ether oxygens (including phenoxy) is 2. The van der Waals surface area contributed by atoms with Crippen LogP contribution in [0.25, 0.3) is 0 Å². The first kappa shape index (κ1) is 20.8. The highest BCUT2D eigenvalue weighted by molar-refractivity contribution is 14.1. The average Bonchev–Trinajstić information content (AvgIpc) is 2.72. The van der Waals surface area contributed by atoms with E-state index in [1.165, 1.54) is 0 Å². The molecule has 3 aromatic carbocycles. The van der Waals surface area contributed by atoms with Crippen molar-refractivity contribution in [3.8, 4) is 5.75 Å². The second kappa shape index (κ2) is 10.0. The summed E-state index contributed by atoms with van der Waals surface area (Å²) in [5.41, 5.74) is 2.13. The van der Waals surface area contributed by atoms with Crippen molar-refractivity contribution in [3.05, 3.63) is 96.6 Å². The SMILES string of the molecule is O=C(COc1c(I)cc(C(=O)c2ccccc2)cc1I)OCc1ccccc1. The van der Waals surface area contributed by atoms with Crippen molar-refractivity contribution in [1.29, 1.82) is 0 Å². The van der Waals surface area contributed by atoms with Gasteiger partial charge in [0.2, 0.25) is 0 Å². The molecule has 142 valence electrons. The van der Waals surface area contributed by atoms with Gasteiger partial charge in [-0.15, -0.1) is 0 Å². The molecular weight excluding hydrogens is 582 g/mol. The first-order valence-electron chi connectivity index (χ1n) is 8.45. The number of rotatable bonds is 7. The second-order valence-electron chi connectivity index (χ2n) is 5.90. The summed E-state index contributed by atoms with van der Waals surface area (Å²) in [6.45, 7) is 0.0204. The molecule has 0 atom stereocenters. The molecular formula is C22H16I2O4. The number of carbonyl (C=O) groups is 2. The van der Waals surface area contributed by atoms with Gasteiger partial charge in [0.15, 0.2) is 12.4 Å². The molecule has 0 N–H and O–H groups in total. The topological polar surface area (TPSA) is 52.6 Å². The largest absolute Gasteiger partial charge is 0.480 e. The molecule has 0 saturated heterocycles. The standard InChI is InChI=1S/C22H16I2O4/c23-18-11-17(21(26)16-9-5-2-6-10-16)12-19(24)22(18)28-14-20(25)27-13-15-7-3-1-4-8-15/h1-12H,13-14H2. The molecule has 0 spiro atoms. The third kappa shape index (κ3) is 5.54. The molecule has 0 saturated carbocycles. The van der Waals surface area contributed by atoms with Crippen LogP contribution in [-0.4, -0.2) is 18.4 Å². The molecule has 0 aliphatic rings. The highest BCUT2D eigenvalue weighted by atomic mass is 127. The Morgan fingerprint density at radius 1 is 0.786 bits per heavy atom. The Morgan fingerprint density at radius 2 is 1.36 bits per heavy atom. The van der Waals surface area contributed by atoms with Crippen LogP contribution in [0, 0.1) is 7.14 Å². The molecule has 3 aromatic rings. The Morgan fingerprint density at radius 3 is 1.96 bits per heavy atom. The van der Waals surface area contributed by atoms with E-state index in [2.05, 4.69) is 45.2 Å². The van der Waals surface area contributed by atoms with E-state index in [0.29, 0.717) is 16.9 Å². The molecule has 0 amide bonds. The fourth-order valence-electron chi connectivity index (χ4n) is 2.50. The van der Waals surface area contributed by atoms with Gasteiger partial charge in [0.25, 0.3) is 0 Å². The van der Waals surface area contributed by atoms with E-state index in [4.69, 9.17) is 9.47 Å². The maximum absolute atomic E-state index is 12.6. The summed E-state index contributed by atoms with van der Waals surface area (Å²) in [4.78, 5) is 24.6. The van der Waals surface area contributed by atoms with E-state index in [1.807, 2.05) is 48.5 Å². The maximum atomic E-state index is 12.6. The lowest BCUT2D eigenvalue weighted by atomic mass is 10.0. The fourth-order valence-corrected chi connectivity index (χ4v) is 4.58. The van der Waals surface area contributed by atoms with E-state index in [1.54, 1.807) is 24.3 Å². The van der Waals surface area contributed by atoms with E-state index < -0.39 is 5.97 Å². The van der Waals surface area contributed by atoms with E-state index in [-0.39, 0.29) is 19.0 Å². The minimum Gasteiger partial charge on any atom is -0.480 e. The van der Waals surface area contributed by atoms with Crippen molar-refractivity contribution in [2.75, 3.05) is 6.61 Å². The second-order valence-corrected chi connectivity index (χ2v) is 8.22. The van der Waals surface area contributed by atoms with E-state index >= 15 is 0 Å². The van der Waals surface area contributed by atoms with Gasteiger partial charge in [-0.3, -0.25) is 4.79 Å². The third-order valence-electron chi connectivity index (χ3n) is 3.87. The number of carbonyl (C=O) groups excluding carboxylic acids is 2. The Hall–Kier alpha value is -1.94. The van der Waals surface area contributed by atoms with Gasteiger partial charge in [0.1, 0.15) is 12.4 Å². The highest BCUT2D eigenvalue weighted by Crippen LogP contribution is 2.30. The predicted molar refractivity (Wildman–Crippen MR) is 123 cm³/mol. The predicted octanol–water partition coefficient (Wildman–Crippen LogP) is 5.25. The zero-order chi connectivity index (χ0) is 19.9. The quantitative estimate of drug-likeness (QED) is 0.212. The molecule has 0 radical (unpaired) electrons. The molecule has 0 fully saturated rings.